The maximum atomic E-state index is 12.5. The van der Waals surface area contributed by atoms with Crippen molar-refractivity contribution in [2.45, 2.75) is 31.1 Å². The number of rotatable bonds is 8. The number of thioether (sulfide) groups is 1. The maximum Gasteiger partial charge on any atom is 0.259 e. The third-order valence-corrected chi connectivity index (χ3v) is 8.19. The molecule has 0 radical (unpaired) electrons. The molecule has 0 saturated carbocycles. The number of carbonyl (C=O) groups excluding carboxylic acids is 1. The number of hydrogen-bond donors (Lipinski definition) is 2. The van der Waals surface area contributed by atoms with Gasteiger partial charge in [-0.25, -0.2) is 4.98 Å². The molecule has 4 rings (SSSR count). The van der Waals surface area contributed by atoms with E-state index in [1.165, 1.54) is 27.1 Å². The van der Waals surface area contributed by atoms with Crippen LogP contribution in [0, 0.1) is 0 Å². The zero-order valence-electron chi connectivity index (χ0n) is 16.5. The Labute approximate surface area is 181 Å². The Kier molecular flexibility index (Phi) is 6.38. The lowest BCUT2D eigenvalue weighted by atomic mass is 10.2. The van der Waals surface area contributed by atoms with Gasteiger partial charge in [0.2, 0.25) is 5.91 Å². The number of aromatic amines is 1. The number of likely N-dealkylation sites (N-methyl/N-ethyl adjacent to an activating group) is 1. The van der Waals surface area contributed by atoms with E-state index in [-0.39, 0.29) is 17.5 Å². The fourth-order valence-electron chi connectivity index (χ4n) is 3.64. The average molecular weight is 449 g/mol. The summed E-state index contributed by atoms with van der Waals surface area (Å²) in [4.78, 5) is 37.8. The van der Waals surface area contributed by atoms with Crippen LogP contribution in [0.4, 0.5) is 0 Å². The summed E-state index contributed by atoms with van der Waals surface area (Å²) in [7, 11) is 4.04. The highest BCUT2D eigenvalue weighted by Crippen LogP contribution is 2.34. The molecular formula is C20H24N4O2S3. The number of carbonyl (C=O) groups is 1. The molecule has 9 heteroatoms. The van der Waals surface area contributed by atoms with Gasteiger partial charge in [0.15, 0.2) is 0 Å². The average Bonchev–Trinajstić information content (AvgIpc) is 3.38. The standard InChI is InChI=1S/C20H24N4O2S3/c1-24(2)13(15-7-4-8-28-15)9-21-17(25)11-27-10-16-22-19(26)18-12-5-3-6-14(12)29-20(18)23-16/h4,7-8,13H,3,5-6,9-11H2,1-2H3,(H,21,25)(H,22,23,26). The number of fused-ring (bicyclic) bond motifs is 3. The zero-order chi connectivity index (χ0) is 20.4. The maximum absolute atomic E-state index is 12.5. The molecule has 1 atom stereocenters. The van der Waals surface area contributed by atoms with Gasteiger partial charge in [-0.2, -0.15) is 0 Å². The second-order valence-corrected chi connectivity index (χ2v) is 10.4. The van der Waals surface area contributed by atoms with Crippen molar-refractivity contribution < 1.29 is 4.79 Å². The van der Waals surface area contributed by atoms with Gasteiger partial charge in [0.05, 0.1) is 22.9 Å². The summed E-state index contributed by atoms with van der Waals surface area (Å²) in [5, 5.41) is 5.85. The van der Waals surface area contributed by atoms with Crippen LogP contribution in [0.1, 0.15) is 33.6 Å². The first kappa shape index (κ1) is 20.6. The van der Waals surface area contributed by atoms with Crippen molar-refractivity contribution in [2.75, 3.05) is 26.4 Å². The Bertz CT molecular complexity index is 1060. The molecule has 1 amide bonds. The highest BCUT2D eigenvalue weighted by atomic mass is 32.2. The van der Waals surface area contributed by atoms with E-state index in [0.717, 1.165) is 29.5 Å². The van der Waals surface area contributed by atoms with E-state index in [0.29, 0.717) is 23.9 Å². The predicted molar refractivity (Wildman–Crippen MR) is 122 cm³/mol. The summed E-state index contributed by atoms with van der Waals surface area (Å²) >= 11 is 4.81. The number of nitrogens with zero attached hydrogens (tertiary/aromatic N) is 2. The minimum Gasteiger partial charge on any atom is -0.353 e. The molecule has 1 aliphatic rings. The van der Waals surface area contributed by atoms with Crippen LogP contribution in [0.5, 0.6) is 0 Å². The SMILES string of the molecule is CN(C)C(CNC(=O)CSCc1nc2sc3c(c2c(=O)[nH]1)CCC3)c1cccs1. The van der Waals surface area contributed by atoms with Gasteiger partial charge < -0.3 is 15.2 Å². The van der Waals surface area contributed by atoms with Crippen molar-refractivity contribution in [3.8, 4) is 0 Å². The molecule has 0 aliphatic heterocycles. The third kappa shape index (κ3) is 4.58. The summed E-state index contributed by atoms with van der Waals surface area (Å²) in [6, 6.07) is 4.29. The Hall–Kier alpha value is -1.68. The Morgan fingerprint density at radius 2 is 2.28 bits per heavy atom. The van der Waals surface area contributed by atoms with Crippen LogP contribution in [-0.2, 0) is 23.4 Å². The van der Waals surface area contributed by atoms with Gasteiger partial charge >= 0.3 is 0 Å². The molecule has 2 N–H and O–H groups in total. The molecule has 29 heavy (non-hydrogen) atoms. The minimum absolute atomic E-state index is 0.00284. The zero-order valence-corrected chi connectivity index (χ0v) is 18.9. The number of aryl methyl sites for hydroxylation is 2. The van der Waals surface area contributed by atoms with Crippen LogP contribution in [0.2, 0.25) is 0 Å². The molecule has 154 valence electrons. The summed E-state index contributed by atoms with van der Waals surface area (Å²) in [5.41, 5.74) is 1.15. The fourth-order valence-corrected chi connectivity index (χ4v) is 6.56. The van der Waals surface area contributed by atoms with Crippen LogP contribution >= 0.6 is 34.4 Å². The van der Waals surface area contributed by atoms with Crippen LogP contribution in [0.3, 0.4) is 0 Å². The van der Waals surface area contributed by atoms with Crippen LogP contribution in [-0.4, -0.2) is 47.2 Å². The molecule has 6 nitrogen and oxygen atoms in total. The van der Waals surface area contributed by atoms with Crippen LogP contribution in [0.15, 0.2) is 22.3 Å². The van der Waals surface area contributed by atoms with Gasteiger partial charge in [0.25, 0.3) is 5.56 Å². The van der Waals surface area contributed by atoms with Crippen molar-refractivity contribution in [3.05, 3.63) is 49.0 Å². The van der Waals surface area contributed by atoms with Gasteiger partial charge in [-0.1, -0.05) is 6.07 Å². The number of hydrogen-bond acceptors (Lipinski definition) is 7. The van der Waals surface area contributed by atoms with E-state index >= 15 is 0 Å². The number of aromatic nitrogens is 2. The molecule has 0 fully saturated rings. The first-order valence-corrected chi connectivity index (χ1v) is 12.5. The van der Waals surface area contributed by atoms with Gasteiger partial charge in [0.1, 0.15) is 10.7 Å². The normalized spacial score (nSPS) is 14.4. The minimum atomic E-state index is -0.0424. The lowest BCUT2D eigenvalue weighted by molar-refractivity contribution is -0.118. The molecule has 0 saturated heterocycles. The van der Waals surface area contributed by atoms with Gasteiger partial charge in [-0.15, -0.1) is 34.4 Å². The van der Waals surface area contributed by atoms with Crippen molar-refractivity contribution in [2.24, 2.45) is 0 Å². The molecule has 3 aromatic heterocycles. The number of H-pyrrole nitrogens is 1. The van der Waals surface area contributed by atoms with Gasteiger partial charge in [-0.3, -0.25) is 9.59 Å². The molecular weight excluding hydrogens is 424 g/mol. The van der Waals surface area contributed by atoms with Crippen molar-refractivity contribution in [3.63, 3.8) is 0 Å². The largest absolute Gasteiger partial charge is 0.353 e. The van der Waals surface area contributed by atoms with Crippen molar-refractivity contribution >= 4 is 50.6 Å². The highest BCUT2D eigenvalue weighted by molar-refractivity contribution is 7.99. The molecule has 3 heterocycles. The van der Waals surface area contributed by atoms with Crippen LogP contribution in [0.25, 0.3) is 10.2 Å². The number of amides is 1. The van der Waals surface area contributed by atoms with Crippen LogP contribution < -0.4 is 10.9 Å². The number of nitrogens with one attached hydrogen (secondary N) is 2. The summed E-state index contributed by atoms with van der Waals surface area (Å²) in [5.74, 6) is 1.50. The predicted octanol–water partition coefficient (Wildman–Crippen LogP) is 3.19. The first-order valence-electron chi connectivity index (χ1n) is 9.60. The second-order valence-electron chi connectivity index (χ2n) is 7.34. The third-order valence-electron chi connectivity index (χ3n) is 5.08. The van der Waals surface area contributed by atoms with E-state index in [1.54, 1.807) is 22.7 Å². The van der Waals surface area contributed by atoms with Gasteiger partial charge in [-0.05, 0) is 50.4 Å². The quantitative estimate of drug-likeness (QED) is 0.553. The monoisotopic (exact) mass is 448 g/mol. The lowest BCUT2D eigenvalue weighted by Crippen LogP contribution is -2.35. The van der Waals surface area contributed by atoms with Crippen molar-refractivity contribution in [1.29, 1.82) is 0 Å². The topological polar surface area (TPSA) is 78.1 Å². The summed E-state index contributed by atoms with van der Waals surface area (Å²) in [6.45, 7) is 0.578. The molecule has 1 unspecified atom stereocenters. The first-order chi connectivity index (χ1) is 14.0. The van der Waals surface area contributed by atoms with Gasteiger partial charge in [0, 0.05) is 16.3 Å². The Morgan fingerprint density at radius 1 is 1.41 bits per heavy atom. The van der Waals surface area contributed by atoms with E-state index in [4.69, 9.17) is 0 Å². The molecule has 0 spiro atoms. The molecule has 0 bridgehead atoms. The fraction of sp³-hybridized carbons (Fsp3) is 0.450. The Morgan fingerprint density at radius 3 is 3.03 bits per heavy atom. The molecule has 3 aromatic rings. The summed E-state index contributed by atoms with van der Waals surface area (Å²) in [6.07, 6.45) is 3.16. The highest BCUT2D eigenvalue weighted by Gasteiger charge is 2.21. The summed E-state index contributed by atoms with van der Waals surface area (Å²) < 4.78 is 0. The lowest BCUT2D eigenvalue weighted by Gasteiger charge is -2.23. The number of thiophene rings is 2. The Balaban J connectivity index is 1.31. The second kappa shape index (κ2) is 8.99. The van der Waals surface area contributed by atoms with E-state index < -0.39 is 0 Å². The van der Waals surface area contributed by atoms with Crippen molar-refractivity contribution in [1.82, 2.24) is 20.2 Å². The smallest absolute Gasteiger partial charge is 0.259 e. The molecule has 1 aliphatic carbocycles. The van der Waals surface area contributed by atoms with E-state index in [1.807, 2.05) is 20.2 Å². The van der Waals surface area contributed by atoms with E-state index in [9.17, 15) is 9.59 Å². The van der Waals surface area contributed by atoms with E-state index in [2.05, 4.69) is 31.6 Å². The molecule has 0 aromatic carbocycles.